The van der Waals surface area contributed by atoms with Crippen LogP contribution < -0.4 is 10.2 Å². The molecule has 1 aliphatic heterocycles. The van der Waals surface area contributed by atoms with Crippen LogP contribution in [0, 0.1) is 0 Å². The average molecular weight is 597 g/mol. The fourth-order valence-electron chi connectivity index (χ4n) is 4.26. The standard InChI is InChI=1S/C28H28N4O9S/c1-40-28(20-31(26(28)35)42(37,38)39)32(24(33)17-29-22-13-7-3-8-14-22)25(34)18-30(23-15-9-4-10-16-23)27(36)41-19-21-11-5-2-6-12-21/h2-16,29H,17-20H2,1H3,(H,37,38,39). The molecule has 220 valence electrons. The predicted octanol–water partition coefficient (Wildman–Crippen LogP) is 2.28. The molecule has 3 aromatic rings. The number of nitrogens with one attached hydrogen (secondary N) is 1. The Morgan fingerprint density at radius 1 is 0.929 bits per heavy atom. The van der Waals surface area contributed by atoms with Crippen molar-refractivity contribution in [3.05, 3.63) is 96.6 Å². The van der Waals surface area contributed by atoms with E-state index in [9.17, 15) is 32.1 Å². The molecular formula is C28H28N4O9S. The number of anilines is 2. The van der Waals surface area contributed by atoms with Crippen molar-refractivity contribution in [1.29, 1.82) is 0 Å². The van der Waals surface area contributed by atoms with Gasteiger partial charge in [-0.3, -0.25) is 23.8 Å². The molecule has 0 aromatic heterocycles. The molecule has 1 saturated heterocycles. The van der Waals surface area contributed by atoms with Crippen molar-refractivity contribution in [3.8, 4) is 0 Å². The smallest absolute Gasteiger partial charge is 0.415 e. The fraction of sp³-hybridized carbons (Fsp3) is 0.214. The van der Waals surface area contributed by atoms with E-state index in [1.54, 1.807) is 91.0 Å². The van der Waals surface area contributed by atoms with E-state index in [1.807, 2.05) is 0 Å². The van der Waals surface area contributed by atoms with Gasteiger partial charge < -0.3 is 14.8 Å². The number of imide groups is 1. The number of benzene rings is 3. The minimum atomic E-state index is -5.00. The van der Waals surface area contributed by atoms with Gasteiger partial charge in [0.2, 0.25) is 0 Å². The molecule has 0 aliphatic carbocycles. The summed E-state index contributed by atoms with van der Waals surface area (Å²) in [6, 6.07) is 25.4. The lowest BCUT2D eigenvalue weighted by Gasteiger charge is -2.49. The summed E-state index contributed by atoms with van der Waals surface area (Å²) in [4.78, 5) is 55.0. The summed E-state index contributed by atoms with van der Waals surface area (Å²) < 4.78 is 43.5. The number of carbonyl (C=O) groups is 4. The molecule has 13 nitrogen and oxygen atoms in total. The normalized spacial score (nSPS) is 16.2. The van der Waals surface area contributed by atoms with E-state index in [4.69, 9.17) is 9.47 Å². The highest BCUT2D eigenvalue weighted by Crippen LogP contribution is 2.33. The van der Waals surface area contributed by atoms with Crippen molar-refractivity contribution < 1.29 is 41.6 Å². The van der Waals surface area contributed by atoms with Crippen LogP contribution >= 0.6 is 0 Å². The van der Waals surface area contributed by atoms with E-state index in [2.05, 4.69) is 5.32 Å². The van der Waals surface area contributed by atoms with Gasteiger partial charge in [0.1, 0.15) is 13.2 Å². The molecule has 0 radical (unpaired) electrons. The molecule has 3 aromatic carbocycles. The Kier molecular flexibility index (Phi) is 9.20. The van der Waals surface area contributed by atoms with Crippen molar-refractivity contribution in [3.63, 3.8) is 0 Å². The molecule has 2 N–H and O–H groups in total. The first-order chi connectivity index (χ1) is 20.1. The Bertz CT molecular complexity index is 1540. The average Bonchev–Trinajstić information content (AvgIpc) is 2.99. The number of amides is 4. The number of ether oxygens (including phenoxy) is 2. The largest absolute Gasteiger partial charge is 0.444 e. The topological polar surface area (TPSA) is 163 Å². The first-order valence-electron chi connectivity index (χ1n) is 12.6. The molecule has 1 aliphatic rings. The van der Waals surface area contributed by atoms with Gasteiger partial charge in [-0.15, -0.1) is 0 Å². The second kappa shape index (κ2) is 12.8. The van der Waals surface area contributed by atoms with E-state index in [-0.39, 0.29) is 16.6 Å². The summed E-state index contributed by atoms with van der Waals surface area (Å²) in [7, 11) is -3.98. The van der Waals surface area contributed by atoms with Crippen molar-refractivity contribution in [2.24, 2.45) is 0 Å². The minimum absolute atomic E-state index is 0.0672. The van der Waals surface area contributed by atoms with Crippen molar-refractivity contribution in [2.75, 3.05) is 37.0 Å². The van der Waals surface area contributed by atoms with Gasteiger partial charge in [0.25, 0.3) is 23.4 Å². The molecule has 4 rings (SSSR count). The Morgan fingerprint density at radius 3 is 2.05 bits per heavy atom. The van der Waals surface area contributed by atoms with Gasteiger partial charge in [-0.2, -0.15) is 8.42 Å². The van der Waals surface area contributed by atoms with Crippen LogP contribution in [-0.2, 0) is 40.8 Å². The highest BCUT2D eigenvalue weighted by Gasteiger charge is 2.64. The van der Waals surface area contributed by atoms with Crippen molar-refractivity contribution >= 4 is 45.5 Å². The minimum Gasteiger partial charge on any atom is -0.444 e. The van der Waals surface area contributed by atoms with Crippen LogP contribution in [0.5, 0.6) is 0 Å². The number of hydrogen-bond acceptors (Lipinski definition) is 9. The van der Waals surface area contributed by atoms with Crippen LogP contribution in [-0.4, -0.2) is 78.5 Å². The molecule has 1 atom stereocenters. The molecule has 1 unspecified atom stereocenters. The van der Waals surface area contributed by atoms with Gasteiger partial charge in [-0.05, 0) is 29.8 Å². The summed E-state index contributed by atoms with van der Waals surface area (Å²) in [5.74, 6) is -3.38. The third kappa shape index (κ3) is 6.57. The van der Waals surface area contributed by atoms with Crippen molar-refractivity contribution in [2.45, 2.75) is 12.3 Å². The molecule has 0 bridgehead atoms. The number of methoxy groups -OCH3 is 1. The maximum Gasteiger partial charge on any atom is 0.415 e. The molecule has 1 fully saturated rings. The number of rotatable bonds is 11. The zero-order valence-corrected chi connectivity index (χ0v) is 23.3. The number of hydrogen-bond donors (Lipinski definition) is 2. The molecule has 1 heterocycles. The zero-order valence-electron chi connectivity index (χ0n) is 22.5. The molecule has 0 spiro atoms. The first kappa shape index (κ1) is 30.2. The Labute approximate surface area is 242 Å². The van der Waals surface area contributed by atoms with Gasteiger partial charge in [-0.25, -0.2) is 14.0 Å². The van der Waals surface area contributed by atoms with Gasteiger partial charge in [0.05, 0.1) is 13.1 Å². The van der Waals surface area contributed by atoms with E-state index in [1.165, 1.54) is 0 Å². The van der Waals surface area contributed by atoms with E-state index in [0.717, 1.165) is 12.0 Å². The summed E-state index contributed by atoms with van der Waals surface area (Å²) >= 11 is 0. The second-order valence-corrected chi connectivity index (χ2v) is 10.4. The van der Waals surface area contributed by atoms with Gasteiger partial charge >= 0.3 is 16.4 Å². The van der Waals surface area contributed by atoms with Crippen LogP contribution in [0.15, 0.2) is 91.0 Å². The Hall–Kier alpha value is -4.79. The number of para-hydroxylation sites is 2. The summed E-state index contributed by atoms with van der Waals surface area (Å²) in [6.07, 6.45) is -0.917. The lowest BCUT2D eigenvalue weighted by molar-refractivity contribution is -0.210. The van der Waals surface area contributed by atoms with Gasteiger partial charge in [-0.1, -0.05) is 66.7 Å². The van der Waals surface area contributed by atoms with Gasteiger partial charge in [0.15, 0.2) is 0 Å². The fourth-order valence-corrected chi connectivity index (χ4v) is 4.95. The van der Waals surface area contributed by atoms with Crippen LogP contribution in [0.3, 0.4) is 0 Å². The van der Waals surface area contributed by atoms with E-state index in [0.29, 0.717) is 16.2 Å². The summed E-state index contributed by atoms with van der Waals surface area (Å²) in [5.41, 5.74) is -0.916. The summed E-state index contributed by atoms with van der Waals surface area (Å²) in [6.45, 7) is -2.23. The number of β-lactam (4-membered cyclic amide) rings is 1. The molecule has 4 amide bonds. The monoisotopic (exact) mass is 596 g/mol. The van der Waals surface area contributed by atoms with Crippen LogP contribution in [0.1, 0.15) is 5.56 Å². The number of nitrogens with zero attached hydrogens (tertiary/aromatic N) is 3. The second-order valence-electron chi connectivity index (χ2n) is 9.08. The quantitative estimate of drug-likeness (QED) is 0.191. The third-order valence-corrected chi connectivity index (χ3v) is 7.25. The highest BCUT2D eigenvalue weighted by molar-refractivity contribution is 7.84. The third-order valence-electron chi connectivity index (χ3n) is 6.40. The Balaban J connectivity index is 1.63. The highest BCUT2D eigenvalue weighted by atomic mass is 32.2. The number of carbonyl (C=O) groups excluding carboxylic acids is 4. The predicted molar refractivity (Wildman–Crippen MR) is 150 cm³/mol. The molecular weight excluding hydrogens is 568 g/mol. The van der Waals surface area contributed by atoms with Crippen molar-refractivity contribution in [1.82, 2.24) is 9.21 Å². The lowest BCUT2D eigenvalue weighted by atomic mass is 10.0. The molecule has 14 heteroatoms. The van der Waals surface area contributed by atoms with E-state index < -0.39 is 59.5 Å². The van der Waals surface area contributed by atoms with E-state index >= 15 is 0 Å². The Morgan fingerprint density at radius 2 is 1.50 bits per heavy atom. The molecule has 0 saturated carbocycles. The van der Waals surface area contributed by atoms with Crippen LogP contribution in [0.4, 0.5) is 16.2 Å². The first-order valence-corrected chi connectivity index (χ1v) is 14.0. The lowest BCUT2D eigenvalue weighted by Crippen LogP contribution is -2.78. The van der Waals surface area contributed by atoms with Crippen LogP contribution in [0.2, 0.25) is 0 Å². The zero-order chi connectivity index (χ0) is 30.3. The van der Waals surface area contributed by atoms with Gasteiger partial charge in [0, 0.05) is 18.5 Å². The maximum absolute atomic E-state index is 13.8. The SMILES string of the molecule is COC1(N(C(=O)CNc2ccccc2)C(=O)CN(C(=O)OCc2ccccc2)c2ccccc2)CN(S(=O)(=O)O)C1=O. The summed E-state index contributed by atoms with van der Waals surface area (Å²) in [5, 5.41) is 2.83. The maximum atomic E-state index is 13.8. The van der Waals surface area contributed by atoms with Crippen LogP contribution in [0.25, 0.3) is 0 Å². The molecule has 42 heavy (non-hydrogen) atoms.